The first kappa shape index (κ1) is 16.6. The van der Waals surface area contributed by atoms with Crippen LogP contribution in [0.5, 0.6) is 0 Å². The number of carbonyl (C=O) groups excluding carboxylic acids is 1. The molecular formula is C17H13BrN4OS2. The van der Waals surface area contributed by atoms with Crippen LogP contribution < -0.4 is 5.32 Å². The molecule has 0 spiro atoms. The Morgan fingerprint density at radius 2 is 2.12 bits per heavy atom. The molecule has 5 nitrogen and oxygen atoms in total. The van der Waals surface area contributed by atoms with Gasteiger partial charge in [-0.25, -0.2) is 0 Å². The molecule has 0 aliphatic carbocycles. The van der Waals surface area contributed by atoms with Gasteiger partial charge in [0.2, 0.25) is 10.9 Å². The van der Waals surface area contributed by atoms with Gasteiger partial charge in [-0.3, -0.25) is 9.20 Å². The van der Waals surface area contributed by atoms with Gasteiger partial charge in [0.25, 0.3) is 0 Å². The van der Waals surface area contributed by atoms with Crippen molar-refractivity contribution in [3.63, 3.8) is 0 Å². The number of benzene rings is 2. The van der Waals surface area contributed by atoms with Gasteiger partial charge in [0, 0.05) is 10.2 Å². The molecule has 8 heteroatoms. The Bertz CT molecular complexity index is 1090. The zero-order chi connectivity index (χ0) is 17.4. The van der Waals surface area contributed by atoms with Gasteiger partial charge in [-0.15, -0.1) is 10.2 Å². The maximum absolute atomic E-state index is 12.3. The number of thiazole rings is 1. The predicted octanol–water partition coefficient (Wildman–Crippen LogP) is 4.75. The van der Waals surface area contributed by atoms with Crippen LogP contribution in [0, 0.1) is 6.92 Å². The fraction of sp³-hybridized carbons (Fsp3) is 0.118. The van der Waals surface area contributed by atoms with E-state index < -0.39 is 0 Å². The number of carbonyl (C=O) groups is 1. The quantitative estimate of drug-likeness (QED) is 0.472. The van der Waals surface area contributed by atoms with E-state index >= 15 is 0 Å². The third kappa shape index (κ3) is 3.29. The van der Waals surface area contributed by atoms with E-state index in [1.54, 1.807) is 11.3 Å². The fourth-order valence-corrected chi connectivity index (χ4v) is 4.78. The predicted molar refractivity (Wildman–Crippen MR) is 107 cm³/mol. The second-order valence-corrected chi connectivity index (χ2v) is 8.33. The van der Waals surface area contributed by atoms with Crippen LogP contribution in [0.1, 0.15) is 5.56 Å². The van der Waals surface area contributed by atoms with Crippen molar-refractivity contribution in [2.75, 3.05) is 11.1 Å². The first-order chi connectivity index (χ1) is 12.1. The van der Waals surface area contributed by atoms with Gasteiger partial charge in [0.15, 0.2) is 5.16 Å². The van der Waals surface area contributed by atoms with Gasteiger partial charge in [0.05, 0.1) is 16.0 Å². The lowest BCUT2D eigenvalue weighted by atomic mass is 10.2. The Balaban J connectivity index is 1.51. The molecule has 0 atom stereocenters. The Labute approximate surface area is 160 Å². The molecular weight excluding hydrogens is 420 g/mol. The summed E-state index contributed by atoms with van der Waals surface area (Å²) in [6.07, 6.45) is 0. The number of para-hydroxylation sites is 1. The highest BCUT2D eigenvalue weighted by molar-refractivity contribution is 9.10. The molecule has 0 saturated heterocycles. The summed E-state index contributed by atoms with van der Waals surface area (Å²) in [5.41, 5.74) is 2.90. The number of fused-ring (bicyclic) bond motifs is 3. The lowest BCUT2D eigenvalue weighted by Crippen LogP contribution is -2.15. The van der Waals surface area contributed by atoms with Crippen LogP contribution in [0.4, 0.5) is 5.69 Å². The smallest absolute Gasteiger partial charge is 0.234 e. The summed E-state index contributed by atoms with van der Waals surface area (Å²) in [4.78, 5) is 13.1. The number of thioether (sulfide) groups is 1. The molecule has 4 rings (SSSR count). The second-order valence-electron chi connectivity index (χ2n) is 5.47. The zero-order valence-corrected chi connectivity index (χ0v) is 16.4. The van der Waals surface area contributed by atoms with Gasteiger partial charge < -0.3 is 5.32 Å². The van der Waals surface area contributed by atoms with Crippen LogP contribution in [-0.4, -0.2) is 26.3 Å². The van der Waals surface area contributed by atoms with Gasteiger partial charge >= 0.3 is 0 Å². The minimum atomic E-state index is -0.0632. The number of hydrogen-bond donors (Lipinski definition) is 1. The summed E-state index contributed by atoms with van der Waals surface area (Å²) >= 11 is 6.41. The number of hydrogen-bond acceptors (Lipinski definition) is 5. The van der Waals surface area contributed by atoms with Crippen molar-refractivity contribution in [3.8, 4) is 0 Å². The average Bonchev–Trinajstić information content (AvgIpc) is 3.15. The van der Waals surface area contributed by atoms with E-state index in [4.69, 9.17) is 0 Å². The van der Waals surface area contributed by atoms with Crippen molar-refractivity contribution in [1.82, 2.24) is 14.6 Å². The normalized spacial score (nSPS) is 11.3. The minimum Gasteiger partial charge on any atom is -0.325 e. The minimum absolute atomic E-state index is 0.0632. The number of rotatable bonds is 4. The molecule has 1 N–H and O–H groups in total. The topological polar surface area (TPSA) is 59.3 Å². The summed E-state index contributed by atoms with van der Waals surface area (Å²) in [5.74, 6) is 0.215. The van der Waals surface area contributed by atoms with Crippen LogP contribution in [0.3, 0.4) is 0 Å². The highest BCUT2D eigenvalue weighted by atomic mass is 79.9. The van der Waals surface area contributed by atoms with Crippen LogP contribution >= 0.6 is 39.0 Å². The summed E-state index contributed by atoms with van der Waals surface area (Å²) in [5, 5.41) is 12.1. The van der Waals surface area contributed by atoms with Gasteiger partial charge in [-0.2, -0.15) is 0 Å². The van der Waals surface area contributed by atoms with E-state index in [9.17, 15) is 4.79 Å². The number of aryl methyl sites for hydroxylation is 1. The Morgan fingerprint density at radius 1 is 1.28 bits per heavy atom. The summed E-state index contributed by atoms with van der Waals surface area (Å²) in [6.45, 7) is 1.97. The van der Waals surface area contributed by atoms with E-state index in [1.165, 1.54) is 11.8 Å². The van der Waals surface area contributed by atoms with E-state index in [-0.39, 0.29) is 11.7 Å². The molecule has 0 fully saturated rings. The number of anilines is 1. The number of aromatic nitrogens is 3. The molecule has 0 unspecified atom stereocenters. The van der Waals surface area contributed by atoms with E-state index in [2.05, 4.69) is 37.5 Å². The van der Waals surface area contributed by atoms with Gasteiger partial charge in [-0.05, 0) is 42.8 Å². The van der Waals surface area contributed by atoms with Gasteiger partial charge in [0.1, 0.15) is 0 Å². The molecule has 1 amide bonds. The monoisotopic (exact) mass is 432 g/mol. The van der Waals surface area contributed by atoms with Crippen molar-refractivity contribution < 1.29 is 4.79 Å². The van der Waals surface area contributed by atoms with Crippen molar-refractivity contribution in [1.29, 1.82) is 0 Å². The molecule has 0 radical (unpaired) electrons. The first-order valence-electron chi connectivity index (χ1n) is 7.53. The van der Waals surface area contributed by atoms with Crippen molar-refractivity contribution in [2.45, 2.75) is 12.1 Å². The highest BCUT2D eigenvalue weighted by Gasteiger charge is 2.14. The third-order valence-corrected chi connectivity index (χ3v) is 6.14. The molecule has 2 aromatic heterocycles. The third-order valence-electron chi connectivity index (χ3n) is 3.71. The molecule has 0 bridgehead atoms. The number of nitrogens with one attached hydrogen (secondary N) is 1. The maximum Gasteiger partial charge on any atom is 0.234 e. The van der Waals surface area contributed by atoms with Crippen molar-refractivity contribution in [2.24, 2.45) is 0 Å². The molecule has 0 aliphatic rings. The van der Waals surface area contributed by atoms with Crippen molar-refractivity contribution in [3.05, 3.63) is 52.5 Å². The van der Waals surface area contributed by atoms with E-state index in [0.717, 1.165) is 36.1 Å². The Kier molecular flexibility index (Phi) is 4.49. The first-order valence-corrected chi connectivity index (χ1v) is 10.1. The Hall–Kier alpha value is -1.90. The number of amides is 1. The Morgan fingerprint density at radius 3 is 2.96 bits per heavy atom. The van der Waals surface area contributed by atoms with Crippen LogP contribution in [0.15, 0.2) is 52.1 Å². The highest BCUT2D eigenvalue weighted by Crippen LogP contribution is 2.29. The van der Waals surface area contributed by atoms with Crippen LogP contribution in [-0.2, 0) is 4.79 Å². The largest absolute Gasteiger partial charge is 0.325 e. The number of halogens is 1. The van der Waals surface area contributed by atoms with Crippen LogP contribution in [0.25, 0.3) is 15.2 Å². The number of nitrogens with zero attached hydrogens (tertiary/aromatic N) is 3. The molecule has 25 heavy (non-hydrogen) atoms. The maximum atomic E-state index is 12.3. The second kappa shape index (κ2) is 6.78. The van der Waals surface area contributed by atoms with E-state index in [0.29, 0.717) is 0 Å². The molecule has 0 aliphatic heterocycles. The SMILES string of the molecule is Cc1cc(Br)ccc1NC(=O)CSc1nnc2sc3ccccc3n12. The summed E-state index contributed by atoms with van der Waals surface area (Å²) in [7, 11) is 0. The summed E-state index contributed by atoms with van der Waals surface area (Å²) in [6, 6.07) is 13.9. The zero-order valence-electron chi connectivity index (χ0n) is 13.2. The van der Waals surface area contributed by atoms with Crippen LogP contribution in [0.2, 0.25) is 0 Å². The van der Waals surface area contributed by atoms with Crippen molar-refractivity contribution >= 4 is 65.8 Å². The lowest BCUT2D eigenvalue weighted by Gasteiger charge is -2.08. The summed E-state index contributed by atoms with van der Waals surface area (Å²) < 4.78 is 4.15. The average molecular weight is 433 g/mol. The van der Waals surface area contributed by atoms with Gasteiger partial charge in [-0.1, -0.05) is 51.2 Å². The lowest BCUT2D eigenvalue weighted by molar-refractivity contribution is -0.113. The fourth-order valence-electron chi connectivity index (χ4n) is 2.53. The standard InChI is InChI=1S/C17H13BrN4OS2/c1-10-8-11(18)6-7-12(10)19-15(23)9-24-16-20-21-17-22(16)13-4-2-3-5-14(13)25-17/h2-8H,9H2,1H3,(H,19,23). The molecule has 126 valence electrons. The molecule has 2 aromatic carbocycles. The van der Waals surface area contributed by atoms with E-state index in [1.807, 2.05) is 47.7 Å². The molecule has 0 saturated carbocycles. The molecule has 2 heterocycles. The molecule has 4 aromatic rings.